The van der Waals surface area contributed by atoms with Crippen molar-refractivity contribution in [3.63, 3.8) is 0 Å². The van der Waals surface area contributed by atoms with E-state index in [0.29, 0.717) is 0 Å². The first-order valence-electron chi connectivity index (χ1n) is 23.1. The van der Waals surface area contributed by atoms with Gasteiger partial charge in [-0.05, 0) is 129 Å². The Balaban J connectivity index is 0.961. The van der Waals surface area contributed by atoms with Gasteiger partial charge in [0, 0.05) is 56.4 Å². The van der Waals surface area contributed by atoms with Gasteiger partial charge in [-0.2, -0.15) is 0 Å². The molecule has 4 heterocycles. The molecule has 0 bridgehead atoms. The van der Waals surface area contributed by atoms with Crippen molar-refractivity contribution in [2.45, 2.75) is 0 Å². The van der Waals surface area contributed by atoms with Gasteiger partial charge < -0.3 is 9.13 Å². The molecule has 0 amide bonds. The number of hydrogen-bond acceptors (Lipinski definition) is 2. The van der Waals surface area contributed by atoms with Gasteiger partial charge in [0.15, 0.2) is 0 Å². The van der Waals surface area contributed by atoms with E-state index in [1.54, 1.807) is 0 Å². The molecular formula is C64H42N4. The minimum atomic E-state index is 0.933. The van der Waals surface area contributed by atoms with Crippen LogP contribution in [0.2, 0.25) is 0 Å². The summed E-state index contributed by atoms with van der Waals surface area (Å²) in [5, 5.41) is 4.75. The fourth-order valence-corrected chi connectivity index (χ4v) is 10.1. The van der Waals surface area contributed by atoms with Crippen LogP contribution in [0, 0.1) is 0 Å². The van der Waals surface area contributed by atoms with Crippen LogP contribution in [0.3, 0.4) is 0 Å². The Morgan fingerprint density at radius 3 is 0.971 bits per heavy atom. The molecule has 13 rings (SSSR count). The van der Waals surface area contributed by atoms with Crippen LogP contribution in [0.1, 0.15) is 0 Å². The summed E-state index contributed by atoms with van der Waals surface area (Å²) < 4.78 is 4.84. The summed E-state index contributed by atoms with van der Waals surface area (Å²) in [5.41, 5.74) is 20.2. The van der Waals surface area contributed by atoms with Gasteiger partial charge in [0.1, 0.15) is 0 Å². The average Bonchev–Trinajstić information content (AvgIpc) is 3.92. The minimum absolute atomic E-state index is 0.933. The zero-order valence-corrected chi connectivity index (χ0v) is 37.0. The Bertz CT molecular complexity index is 3740. The van der Waals surface area contributed by atoms with Gasteiger partial charge >= 0.3 is 0 Å². The van der Waals surface area contributed by atoms with Crippen LogP contribution in [-0.2, 0) is 0 Å². The lowest BCUT2D eigenvalue weighted by Gasteiger charge is -2.10. The van der Waals surface area contributed by atoms with Crippen LogP contribution in [0.5, 0.6) is 0 Å². The molecule has 0 saturated heterocycles. The smallest absolute Gasteiger partial charge is 0.0708 e. The molecule has 4 heteroatoms. The molecule has 0 saturated carbocycles. The van der Waals surface area contributed by atoms with E-state index in [-0.39, 0.29) is 0 Å². The van der Waals surface area contributed by atoms with Crippen molar-refractivity contribution >= 4 is 43.6 Å². The molecule has 0 aliphatic rings. The number of rotatable bonds is 8. The van der Waals surface area contributed by atoms with Crippen molar-refractivity contribution in [3.05, 3.63) is 255 Å². The predicted molar refractivity (Wildman–Crippen MR) is 283 cm³/mol. The van der Waals surface area contributed by atoms with E-state index in [1.165, 1.54) is 43.8 Å². The molecule has 68 heavy (non-hydrogen) atoms. The lowest BCUT2D eigenvalue weighted by Crippen LogP contribution is -1.95. The number of pyridine rings is 2. The maximum atomic E-state index is 4.94. The highest BCUT2D eigenvalue weighted by Crippen LogP contribution is 2.42. The summed E-state index contributed by atoms with van der Waals surface area (Å²) in [7, 11) is 0. The molecule has 0 unspecified atom stereocenters. The predicted octanol–water partition coefficient (Wildman–Crippen LogP) is 16.7. The number of hydrogen-bond donors (Lipinski definition) is 0. The number of fused-ring (bicyclic) bond motifs is 6. The zero-order valence-electron chi connectivity index (χ0n) is 37.0. The quantitative estimate of drug-likeness (QED) is 0.153. The van der Waals surface area contributed by atoms with E-state index < -0.39 is 0 Å². The molecule has 0 aliphatic carbocycles. The van der Waals surface area contributed by atoms with Crippen LogP contribution >= 0.6 is 0 Å². The second-order valence-corrected chi connectivity index (χ2v) is 17.4. The summed E-state index contributed by atoms with van der Waals surface area (Å²) in [5.74, 6) is 0. The Morgan fingerprint density at radius 2 is 0.559 bits per heavy atom. The fourth-order valence-electron chi connectivity index (χ4n) is 10.1. The molecule has 13 aromatic rings. The van der Waals surface area contributed by atoms with Gasteiger partial charge in [-0.25, -0.2) is 0 Å². The highest BCUT2D eigenvalue weighted by molar-refractivity contribution is 6.19. The topological polar surface area (TPSA) is 35.6 Å². The van der Waals surface area contributed by atoms with Crippen molar-refractivity contribution in [1.82, 2.24) is 19.1 Å². The van der Waals surface area contributed by atoms with Gasteiger partial charge in [0.25, 0.3) is 0 Å². The Kier molecular flexibility index (Phi) is 9.47. The average molecular weight is 867 g/mol. The van der Waals surface area contributed by atoms with Crippen molar-refractivity contribution in [1.29, 1.82) is 0 Å². The van der Waals surface area contributed by atoms with Gasteiger partial charge in [0.2, 0.25) is 0 Å². The molecule has 9 aromatic carbocycles. The van der Waals surface area contributed by atoms with Crippen molar-refractivity contribution in [3.8, 4) is 78.4 Å². The third kappa shape index (κ3) is 6.86. The number of nitrogens with zero attached hydrogens (tertiary/aromatic N) is 4. The van der Waals surface area contributed by atoms with Crippen LogP contribution in [-0.4, -0.2) is 19.1 Å². The molecule has 318 valence electrons. The summed E-state index contributed by atoms with van der Waals surface area (Å²) in [6, 6.07) is 87.2. The number of benzene rings is 9. The molecule has 0 radical (unpaired) electrons. The summed E-state index contributed by atoms with van der Waals surface area (Å²) >= 11 is 0. The highest BCUT2D eigenvalue weighted by atomic mass is 15.0. The SMILES string of the molecule is c1ccc(-c2cccc(-c3ccnc(-c4ccc5c6cc7c(cc6n(-c6ccccc6)c5c4)c4ccc(-c5cc(-c6cccc(-c8ccccc8)c6)ccn5)cc4n7-c4ccccc4)c3)c2)cc1. The van der Waals surface area contributed by atoms with E-state index in [2.05, 4.69) is 252 Å². The molecule has 4 aromatic heterocycles. The normalized spacial score (nSPS) is 11.5. The van der Waals surface area contributed by atoms with Gasteiger partial charge in [-0.3, -0.25) is 9.97 Å². The summed E-state index contributed by atoms with van der Waals surface area (Å²) in [6.45, 7) is 0. The largest absolute Gasteiger partial charge is 0.309 e. The van der Waals surface area contributed by atoms with Crippen LogP contribution in [0.25, 0.3) is 122 Å². The Morgan fingerprint density at radius 1 is 0.221 bits per heavy atom. The first-order valence-corrected chi connectivity index (χ1v) is 23.1. The monoisotopic (exact) mass is 866 g/mol. The maximum absolute atomic E-state index is 4.94. The van der Waals surface area contributed by atoms with Crippen molar-refractivity contribution in [2.24, 2.45) is 0 Å². The van der Waals surface area contributed by atoms with E-state index in [4.69, 9.17) is 9.97 Å². The Hall–Kier alpha value is -9.12. The third-order valence-corrected chi connectivity index (χ3v) is 13.4. The van der Waals surface area contributed by atoms with Crippen LogP contribution < -0.4 is 0 Å². The molecule has 0 N–H and O–H groups in total. The van der Waals surface area contributed by atoms with Gasteiger partial charge in [-0.15, -0.1) is 0 Å². The van der Waals surface area contributed by atoms with Crippen molar-refractivity contribution in [2.75, 3.05) is 0 Å². The number of aromatic nitrogens is 4. The van der Waals surface area contributed by atoms with E-state index in [9.17, 15) is 0 Å². The van der Waals surface area contributed by atoms with Crippen LogP contribution in [0.4, 0.5) is 0 Å². The second kappa shape index (κ2) is 16.4. The maximum Gasteiger partial charge on any atom is 0.0708 e. The van der Waals surface area contributed by atoms with Gasteiger partial charge in [0.05, 0.1) is 33.5 Å². The van der Waals surface area contributed by atoms with E-state index in [0.717, 1.165) is 78.2 Å². The summed E-state index contributed by atoms with van der Waals surface area (Å²) in [4.78, 5) is 9.88. The lowest BCUT2D eigenvalue weighted by atomic mass is 9.98. The minimum Gasteiger partial charge on any atom is -0.309 e. The third-order valence-electron chi connectivity index (χ3n) is 13.4. The first kappa shape index (κ1) is 39.3. The first-order chi connectivity index (χ1) is 33.7. The van der Waals surface area contributed by atoms with E-state index >= 15 is 0 Å². The van der Waals surface area contributed by atoms with Crippen molar-refractivity contribution < 1.29 is 0 Å². The molecule has 0 atom stereocenters. The number of para-hydroxylation sites is 2. The summed E-state index contributed by atoms with van der Waals surface area (Å²) in [6.07, 6.45) is 3.86. The second-order valence-electron chi connectivity index (χ2n) is 17.4. The fraction of sp³-hybridized carbons (Fsp3) is 0. The zero-order chi connectivity index (χ0) is 45.0. The van der Waals surface area contributed by atoms with Gasteiger partial charge in [-0.1, -0.05) is 158 Å². The highest BCUT2D eigenvalue weighted by Gasteiger charge is 2.20. The standard InChI is InChI=1S/C64H42N4/c1-5-15-43(16-6-1)45-19-13-21-47(35-45)49-31-33-65-59(37-49)51-27-29-55-57-41-64-58(42-63(57)67(61(55)39-51)53-23-9-3-10-24-53)56-30-28-52(40-62(56)68(64)54-25-11-4-12-26-54)60-38-50(32-34-66-60)48-22-14-20-46(36-48)44-17-7-2-8-18-44/h1-42H. The molecule has 0 fully saturated rings. The van der Waals surface area contributed by atoms with Crippen LogP contribution in [0.15, 0.2) is 255 Å². The molecule has 0 aliphatic heterocycles. The lowest BCUT2D eigenvalue weighted by molar-refractivity contribution is 1.17. The Labute approximate surface area is 394 Å². The molecular weight excluding hydrogens is 825 g/mol. The molecule has 0 spiro atoms. The van der Waals surface area contributed by atoms with E-state index in [1.807, 2.05) is 12.4 Å². The molecule has 4 nitrogen and oxygen atoms in total.